The van der Waals surface area contributed by atoms with Crippen LogP contribution in [0.1, 0.15) is 34.7 Å². The molecule has 2 aromatic rings. The fraction of sp³-hybridized carbons (Fsp3) is 0.385. The van der Waals surface area contributed by atoms with Crippen molar-refractivity contribution >= 4 is 11.5 Å². The van der Waals surface area contributed by atoms with Gasteiger partial charge in [-0.1, -0.05) is 17.5 Å². The van der Waals surface area contributed by atoms with E-state index in [9.17, 15) is 8.78 Å². The van der Waals surface area contributed by atoms with Crippen LogP contribution in [0.15, 0.2) is 12.1 Å². The van der Waals surface area contributed by atoms with Crippen molar-refractivity contribution in [3.05, 3.63) is 45.5 Å². The minimum atomic E-state index is -0.560. The van der Waals surface area contributed by atoms with Crippen LogP contribution in [-0.4, -0.2) is 16.6 Å². The molecule has 1 aromatic carbocycles. The van der Waals surface area contributed by atoms with E-state index in [2.05, 4.69) is 14.9 Å². The van der Waals surface area contributed by atoms with Crippen LogP contribution in [0.3, 0.4) is 0 Å². The number of aryl methyl sites for hydroxylation is 2. The lowest BCUT2D eigenvalue weighted by molar-refractivity contribution is 0.518. The third-order valence-corrected chi connectivity index (χ3v) is 3.91. The van der Waals surface area contributed by atoms with E-state index >= 15 is 0 Å². The predicted octanol–water partition coefficient (Wildman–Crippen LogP) is 3.00. The molecule has 0 aliphatic heterocycles. The smallest absolute Gasteiger partial charge is 0.134 e. The SMILES string of the molecule is CCc1nnsc1C(NC)c1c(F)ccc(C)c1F. The Morgan fingerprint density at radius 3 is 2.74 bits per heavy atom. The Kier molecular flexibility index (Phi) is 4.21. The van der Waals surface area contributed by atoms with Crippen molar-refractivity contribution in [1.82, 2.24) is 14.9 Å². The molecule has 0 amide bonds. The van der Waals surface area contributed by atoms with Gasteiger partial charge in [-0.15, -0.1) is 5.10 Å². The van der Waals surface area contributed by atoms with E-state index in [1.807, 2.05) is 6.92 Å². The quantitative estimate of drug-likeness (QED) is 0.937. The van der Waals surface area contributed by atoms with Crippen LogP contribution < -0.4 is 5.32 Å². The first-order valence-electron chi connectivity index (χ1n) is 6.03. The minimum Gasteiger partial charge on any atom is -0.308 e. The van der Waals surface area contributed by atoms with E-state index in [1.165, 1.54) is 23.7 Å². The molecule has 102 valence electrons. The van der Waals surface area contributed by atoms with Crippen molar-refractivity contribution in [1.29, 1.82) is 0 Å². The monoisotopic (exact) mass is 283 g/mol. The Bertz CT molecular complexity index is 583. The lowest BCUT2D eigenvalue weighted by atomic mass is 10.00. The number of benzene rings is 1. The Morgan fingerprint density at radius 1 is 1.37 bits per heavy atom. The number of aromatic nitrogens is 2. The first-order chi connectivity index (χ1) is 9.10. The Morgan fingerprint density at radius 2 is 2.11 bits per heavy atom. The van der Waals surface area contributed by atoms with E-state index in [-0.39, 0.29) is 5.56 Å². The average Bonchev–Trinajstić information content (AvgIpc) is 2.87. The van der Waals surface area contributed by atoms with Gasteiger partial charge in [-0.3, -0.25) is 0 Å². The predicted molar refractivity (Wildman–Crippen MR) is 71.3 cm³/mol. The molecule has 1 unspecified atom stereocenters. The Hall–Kier alpha value is -1.40. The lowest BCUT2D eigenvalue weighted by Crippen LogP contribution is -2.21. The molecule has 0 saturated carbocycles. The van der Waals surface area contributed by atoms with E-state index in [4.69, 9.17) is 0 Å². The summed E-state index contributed by atoms with van der Waals surface area (Å²) in [5, 5.41) is 6.95. The summed E-state index contributed by atoms with van der Waals surface area (Å²) in [6, 6.07) is 2.17. The molecule has 1 N–H and O–H groups in total. The van der Waals surface area contributed by atoms with Gasteiger partial charge >= 0.3 is 0 Å². The molecule has 19 heavy (non-hydrogen) atoms. The van der Waals surface area contributed by atoms with Gasteiger partial charge in [-0.05, 0) is 43.6 Å². The third kappa shape index (κ3) is 2.50. The summed E-state index contributed by atoms with van der Waals surface area (Å²) in [6.45, 7) is 3.56. The number of hydrogen-bond acceptors (Lipinski definition) is 4. The van der Waals surface area contributed by atoms with Gasteiger partial charge in [0, 0.05) is 5.56 Å². The second-order valence-electron chi connectivity index (χ2n) is 4.25. The lowest BCUT2D eigenvalue weighted by Gasteiger charge is -2.18. The standard InChI is InChI=1S/C13H15F2N3S/c1-4-9-13(19-18-17-9)12(16-3)10-8(14)6-5-7(2)11(10)15/h5-6,12,16H,4H2,1-3H3. The topological polar surface area (TPSA) is 37.8 Å². The molecule has 0 radical (unpaired) electrons. The van der Waals surface area contributed by atoms with Crippen LogP contribution in [0.5, 0.6) is 0 Å². The summed E-state index contributed by atoms with van der Waals surface area (Å²) in [4.78, 5) is 0.758. The van der Waals surface area contributed by atoms with Crippen LogP contribution in [0.25, 0.3) is 0 Å². The van der Waals surface area contributed by atoms with E-state index in [0.29, 0.717) is 12.0 Å². The van der Waals surface area contributed by atoms with Gasteiger partial charge in [0.15, 0.2) is 0 Å². The highest BCUT2D eigenvalue weighted by atomic mass is 32.1. The van der Waals surface area contributed by atoms with Gasteiger partial charge in [-0.25, -0.2) is 8.78 Å². The minimum absolute atomic E-state index is 0.0308. The summed E-state index contributed by atoms with van der Waals surface area (Å²) in [5.41, 5.74) is 1.22. The zero-order valence-electron chi connectivity index (χ0n) is 11.0. The fourth-order valence-corrected chi connectivity index (χ4v) is 2.89. The molecule has 0 aliphatic carbocycles. The number of nitrogens with one attached hydrogen (secondary N) is 1. The zero-order chi connectivity index (χ0) is 14.0. The summed E-state index contributed by atoms with van der Waals surface area (Å²) in [7, 11) is 1.67. The maximum absolute atomic E-state index is 14.2. The highest BCUT2D eigenvalue weighted by Gasteiger charge is 2.25. The summed E-state index contributed by atoms with van der Waals surface area (Å²) in [5.74, 6) is -1.08. The second kappa shape index (κ2) is 5.71. The molecule has 3 nitrogen and oxygen atoms in total. The van der Waals surface area contributed by atoms with Gasteiger partial charge in [-0.2, -0.15) is 0 Å². The third-order valence-electron chi connectivity index (χ3n) is 3.08. The molecule has 0 bridgehead atoms. The summed E-state index contributed by atoms with van der Waals surface area (Å²) < 4.78 is 32.1. The fourth-order valence-electron chi connectivity index (χ4n) is 2.03. The highest BCUT2D eigenvalue weighted by molar-refractivity contribution is 7.05. The molecular formula is C13H15F2N3S. The van der Waals surface area contributed by atoms with Crippen molar-refractivity contribution in [2.45, 2.75) is 26.3 Å². The van der Waals surface area contributed by atoms with Crippen LogP contribution in [0.2, 0.25) is 0 Å². The molecule has 2 rings (SSSR count). The normalized spacial score (nSPS) is 12.7. The van der Waals surface area contributed by atoms with Gasteiger partial charge in [0.1, 0.15) is 11.6 Å². The molecule has 1 atom stereocenters. The molecular weight excluding hydrogens is 268 g/mol. The largest absolute Gasteiger partial charge is 0.308 e. The van der Waals surface area contributed by atoms with Crippen LogP contribution >= 0.6 is 11.5 Å². The molecule has 0 fully saturated rings. The van der Waals surface area contributed by atoms with Crippen molar-refractivity contribution in [3.63, 3.8) is 0 Å². The molecule has 0 aliphatic rings. The van der Waals surface area contributed by atoms with Gasteiger partial charge in [0.05, 0.1) is 16.6 Å². The second-order valence-corrected chi connectivity index (χ2v) is 5.04. The summed E-state index contributed by atoms with van der Waals surface area (Å²) >= 11 is 1.17. The van der Waals surface area contributed by atoms with Gasteiger partial charge < -0.3 is 5.32 Å². The van der Waals surface area contributed by atoms with Crippen LogP contribution in [0, 0.1) is 18.6 Å². The van der Waals surface area contributed by atoms with Crippen LogP contribution in [-0.2, 0) is 6.42 Å². The molecule has 6 heteroatoms. The zero-order valence-corrected chi connectivity index (χ0v) is 11.8. The molecule has 0 saturated heterocycles. The van der Waals surface area contributed by atoms with Crippen molar-refractivity contribution in [2.75, 3.05) is 7.05 Å². The molecule has 0 spiro atoms. The first kappa shape index (κ1) is 14.0. The first-order valence-corrected chi connectivity index (χ1v) is 6.80. The van der Waals surface area contributed by atoms with E-state index in [0.717, 1.165) is 10.6 Å². The molecule has 1 aromatic heterocycles. The number of hydrogen-bond donors (Lipinski definition) is 1. The van der Waals surface area contributed by atoms with Gasteiger partial charge in [0.25, 0.3) is 0 Å². The van der Waals surface area contributed by atoms with Crippen LogP contribution in [0.4, 0.5) is 8.78 Å². The Labute approximate surface area is 114 Å². The summed E-state index contributed by atoms with van der Waals surface area (Å²) in [6.07, 6.45) is 0.680. The van der Waals surface area contributed by atoms with E-state index < -0.39 is 17.7 Å². The van der Waals surface area contributed by atoms with Crippen molar-refractivity contribution < 1.29 is 8.78 Å². The number of halogens is 2. The maximum Gasteiger partial charge on any atom is 0.134 e. The highest BCUT2D eigenvalue weighted by Crippen LogP contribution is 2.31. The number of nitrogens with zero attached hydrogens (tertiary/aromatic N) is 2. The maximum atomic E-state index is 14.2. The molecule has 1 heterocycles. The van der Waals surface area contributed by atoms with Crippen molar-refractivity contribution in [2.24, 2.45) is 0 Å². The van der Waals surface area contributed by atoms with E-state index in [1.54, 1.807) is 14.0 Å². The van der Waals surface area contributed by atoms with Gasteiger partial charge in [0.2, 0.25) is 0 Å². The Balaban J connectivity index is 2.58. The van der Waals surface area contributed by atoms with Crippen molar-refractivity contribution in [3.8, 4) is 0 Å². The number of rotatable bonds is 4. The average molecular weight is 283 g/mol.